The first kappa shape index (κ1) is 22.7. The van der Waals surface area contributed by atoms with Crippen molar-refractivity contribution in [2.75, 3.05) is 13.2 Å². The number of unbranched alkanes of at least 4 members (excludes halogenated alkanes) is 3. The molecule has 0 saturated heterocycles. The summed E-state index contributed by atoms with van der Waals surface area (Å²) in [4.78, 5) is 23.6. The van der Waals surface area contributed by atoms with Gasteiger partial charge in [-0.1, -0.05) is 12.6 Å². The molecule has 0 N–H and O–H groups in total. The van der Waals surface area contributed by atoms with Gasteiger partial charge < -0.3 is 14.2 Å². The summed E-state index contributed by atoms with van der Waals surface area (Å²) in [6, 6.07) is 15.2. The van der Waals surface area contributed by atoms with Crippen molar-refractivity contribution in [3.05, 3.63) is 71.8 Å². The van der Waals surface area contributed by atoms with E-state index in [0.717, 1.165) is 25.7 Å². The summed E-state index contributed by atoms with van der Waals surface area (Å²) in [5, 5.41) is 8.81. The largest absolute Gasteiger partial charge is 0.494 e. The maximum atomic E-state index is 12.3. The zero-order valence-corrected chi connectivity index (χ0v) is 17.1. The smallest absolute Gasteiger partial charge is 0.343 e. The van der Waals surface area contributed by atoms with Gasteiger partial charge in [-0.25, -0.2) is 9.59 Å². The van der Waals surface area contributed by atoms with Gasteiger partial charge in [0.25, 0.3) is 0 Å². The van der Waals surface area contributed by atoms with Crippen LogP contribution in [0.1, 0.15) is 48.5 Å². The minimum absolute atomic E-state index is 0.351. The predicted octanol–water partition coefficient (Wildman–Crippen LogP) is 4.84. The Morgan fingerprint density at radius 1 is 0.967 bits per heavy atom. The lowest BCUT2D eigenvalue weighted by Gasteiger charge is -2.09. The van der Waals surface area contributed by atoms with Crippen LogP contribution in [0.3, 0.4) is 0 Å². The molecule has 0 radical (unpaired) electrons. The van der Waals surface area contributed by atoms with Crippen LogP contribution in [0.25, 0.3) is 0 Å². The van der Waals surface area contributed by atoms with Crippen molar-refractivity contribution >= 4 is 11.9 Å². The Labute approximate surface area is 176 Å². The van der Waals surface area contributed by atoms with E-state index in [-0.39, 0.29) is 5.97 Å². The lowest BCUT2D eigenvalue weighted by molar-refractivity contribution is -0.139. The fourth-order valence-electron chi connectivity index (χ4n) is 2.51. The molecule has 2 rings (SSSR count). The summed E-state index contributed by atoms with van der Waals surface area (Å²) in [6.45, 7) is 6.09. The maximum absolute atomic E-state index is 12.3. The molecule has 0 aliphatic heterocycles. The van der Waals surface area contributed by atoms with Crippen LogP contribution in [0.4, 0.5) is 0 Å². The summed E-state index contributed by atoms with van der Waals surface area (Å²) >= 11 is 0. The average Bonchev–Trinajstić information content (AvgIpc) is 2.76. The van der Waals surface area contributed by atoms with Crippen LogP contribution in [0.2, 0.25) is 0 Å². The number of carbonyl (C=O) groups excluding carboxylic acids is 2. The molecule has 0 heterocycles. The number of ether oxygens (including phenoxy) is 3. The Morgan fingerprint density at radius 2 is 1.67 bits per heavy atom. The summed E-state index contributed by atoms with van der Waals surface area (Å²) < 4.78 is 16.1. The Bertz CT molecular complexity index is 912. The number of hydrogen-bond donors (Lipinski definition) is 0. The van der Waals surface area contributed by atoms with Crippen molar-refractivity contribution in [3.63, 3.8) is 0 Å². The fourth-order valence-corrected chi connectivity index (χ4v) is 2.51. The van der Waals surface area contributed by atoms with Gasteiger partial charge in [-0.05, 0) is 75.1 Å². The minimum Gasteiger partial charge on any atom is -0.494 e. The van der Waals surface area contributed by atoms with Gasteiger partial charge >= 0.3 is 11.9 Å². The second-order valence-electron chi connectivity index (χ2n) is 6.73. The number of nitrogens with zero attached hydrogens (tertiary/aromatic N) is 1. The van der Waals surface area contributed by atoms with Gasteiger partial charge in [0, 0.05) is 5.57 Å². The molecule has 6 nitrogen and oxygen atoms in total. The first-order chi connectivity index (χ1) is 14.5. The van der Waals surface area contributed by atoms with Crippen LogP contribution in [0.5, 0.6) is 11.5 Å². The lowest BCUT2D eigenvalue weighted by Crippen LogP contribution is -2.09. The fraction of sp³-hybridized carbons (Fsp3) is 0.292. The molecule has 0 aliphatic rings. The highest BCUT2D eigenvalue weighted by molar-refractivity contribution is 5.91. The first-order valence-corrected chi connectivity index (χ1v) is 9.77. The normalized spacial score (nSPS) is 10.0. The van der Waals surface area contributed by atoms with E-state index in [9.17, 15) is 9.59 Å². The van der Waals surface area contributed by atoms with E-state index < -0.39 is 5.97 Å². The molecule has 6 heteroatoms. The SMILES string of the molecule is C=C(C)C(=O)OCCCCCCOc1cccc(C(=O)Oc2ccc(C#N)cc2)c1. The number of carbonyl (C=O) groups is 2. The van der Waals surface area contributed by atoms with E-state index in [1.165, 1.54) is 0 Å². The number of esters is 2. The molecular weight excluding hydrogens is 382 g/mol. The number of rotatable bonds is 11. The van der Waals surface area contributed by atoms with Gasteiger partial charge in [0.2, 0.25) is 0 Å². The van der Waals surface area contributed by atoms with Crippen LogP contribution in [-0.2, 0) is 9.53 Å². The van der Waals surface area contributed by atoms with Crippen LogP contribution in [0, 0.1) is 11.3 Å². The molecule has 0 amide bonds. The number of nitriles is 1. The van der Waals surface area contributed by atoms with E-state index in [1.807, 2.05) is 6.07 Å². The van der Waals surface area contributed by atoms with E-state index in [2.05, 4.69) is 6.58 Å². The third-order valence-corrected chi connectivity index (χ3v) is 4.15. The predicted molar refractivity (Wildman–Crippen MR) is 112 cm³/mol. The highest BCUT2D eigenvalue weighted by atomic mass is 16.5. The molecule has 0 aromatic heterocycles. The lowest BCUT2D eigenvalue weighted by atomic mass is 10.2. The van der Waals surface area contributed by atoms with Gasteiger partial charge in [-0.2, -0.15) is 5.26 Å². The van der Waals surface area contributed by atoms with Gasteiger partial charge in [0.1, 0.15) is 11.5 Å². The maximum Gasteiger partial charge on any atom is 0.343 e. The molecule has 0 atom stereocenters. The molecular formula is C24H25NO5. The zero-order valence-electron chi connectivity index (χ0n) is 17.1. The second kappa shape index (κ2) is 12.1. The molecule has 0 unspecified atom stereocenters. The van der Waals surface area contributed by atoms with Gasteiger partial charge in [-0.3, -0.25) is 0 Å². The Balaban J connectivity index is 1.69. The van der Waals surface area contributed by atoms with E-state index >= 15 is 0 Å². The van der Waals surface area contributed by atoms with Crippen LogP contribution >= 0.6 is 0 Å². The van der Waals surface area contributed by atoms with Gasteiger partial charge in [0.05, 0.1) is 30.4 Å². The van der Waals surface area contributed by atoms with Crippen molar-refractivity contribution < 1.29 is 23.8 Å². The minimum atomic E-state index is -0.491. The average molecular weight is 407 g/mol. The van der Waals surface area contributed by atoms with Crippen LogP contribution in [0.15, 0.2) is 60.7 Å². The molecule has 0 fully saturated rings. The zero-order chi connectivity index (χ0) is 21.8. The third-order valence-electron chi connectivity index (χ3n) is 4.15. The van der Waals surface area contributed by atoms with E-state index in [1.54, 1.807) is 55.5 Å². The molecule has 0 aliphatic carbocycles. The Kier molecular flexibility index (Phi) is 9.14. The molecule has 2 aromatic rings. The standard InChI is InChI=1S/C24H25NO5/c1-18(2)23(26)29-15-6-4-3-5-14-28-22-9-7-8-20(16-22)24(27)30-21-12-10-19(17-25)11-13-21/h7-13,16H,1,3-6,14-15H2,2H3. The van der Waals surface area contributed by atoms with Gasteiger partial charge in [0.15, 0.2) is 0 Å². The monoisotopic (exact) mass is 407 g/mol. The van der Waals surface area contributed by atoms with E-state index in [0.29, 0.717) is 41.4 Å². The molecule has 30 heavy (non-hydrogen) atoms. The summed E-state index contributed by atoms with van der Waals surface area (Å²) in [5.74, 6) is 0.129. The van der Waals surface area contributed by atoms with Crippen LogP contribution < -0.4 is 9.47 Å². The molecule has 0 spiro atoms. The summed E-state index contributed by atoms with van der Waals surface area (Å²) in [7, 11) is 0. The topological polar surface area (TPSA) is 85.6 Å². The van der Waals surface area contributed by atoms with Crippen molar-refractivity contribution in [2.45, 2.75) is 32.6 Å². The Morgan fingerprint density at radius 3 is 2.33 bits per heavy atom. The van der Waals surface area contributed by atoms with Crippen molar-refractivity contribution in [1.29, 1.82) is 5.26 Å². The highest BCUT2D eigenvalue weighted by Gasteiger charge is 2.10. The summed E-state index contributed by atoms with van der Waals surface area (Å²) in [5.41, 5.74) is 1.29. The molecule has 156 valence electrons. The quantitative estimate of drug-likeness (QED) is 0.229. The van der Waals surface area contributed by atoms with Crippen molar-refractivity contribution in [3.8, 4) is 17.6 Å². The third kappa shape index (κ3) is 7.80. The Hall–Kier alpha value is -3.59. The highest BCUT2D eigenvalue weighted by Crippen LogP contribution is 2.18. The molecule has 0 bridgehead atoms. The molecule has 2 aromatic carbocycles. The molecule has 0 saturated carbocycles. The number of benzene rings is 2. The summed E-state index contributed by atoms with van der Waals surface area (Å²) in [6.07, 6.45) is 3.54. The van der Waals surface area contributed by atoms with Gasteiger partial charge in [-0.15, -0.1) is 0 Å². The van der Waals surface area contributed by atoms with Crippen molar-refractivity contribution in [1.82, 2.24) is 0 Å². The van der Waals surface area contributed by atoms with Crippen molar-refractivity contribution in [2.24, 2.45) is 0 Å². The van der Waals surface area contributed by atoms with Crippen LogP contribution in [-0.4, -0.2) is 25.2 Å². The van der Waals surface area contributed by atoms with E-state index in [4.69, 9.17) is 19.5 Å². The first-order valence-electron chi connectivity index (χ1n) is 9.77. The number of hydrogen-bond acceptors (Lipinski definition) is 6. The second-order valence-corrected chi connectivity index (χ2v) is 6.73.